The number of aromatic nitrogens is 2. The first-order valence-corrected chi connectivity index (χ1v) is 17.6. The molecule has 246 valence electrons. The molecule has 11 heteroatoms. The lowest BCUT2D eigenvalue weighted by Crippen LogP contribution is -2.51. The molecule has 2 atom stereocenters. The van der Waals surface area contributed by atoms with Gasteiger partial charge < -0.3 is 20.5 Å². The topological polar surface area (TPSA) is 117 Å². The lowest BCUT2D eigenvalue weighted by atomic mass is 9.80. The van der Waals surface area contributed by atoms with Crippen molar-refractivity contribution < 1.29 is 18.3 Å². The van der Waals surface area contributed by atoms with Crippen molar-refractivity contribution in [3.63, 3.8) is 0 Å². The monoisotopic (exact) mass is 657 g/mol. The fraction of sp³-hybridized carbons (Fsp3) is 0.529. The van der Waals surface area contributed by atoms with E-state index in [9.17, 15) is 13.5 Å². The quantitative estimate of drug-likeness (QED) is 0.191. The highest BCUT2D eigenvalue weighted by molar-refractivity contribution is 7.92. The van der Waals surface area contributed by atoms with Gasteiger partial charge in [0.15, 0.2) is 15.7 Å². The molecule has 2 aromatic carbocycles. The van der Waals surface area contributed by atoms with E-state index >= 15 is 0 Å². The molecule has 3 aromatic rings. The number of β-amino-alcohol motifs (C(OH)–C–C–N with tert-alkyl or cyclic N) is 1. The number of aryl methyl sites for hydroxylation is 1. The van der Waals surface area contributed by atoms with Crippen molar-refractivity contribution in [3.8, 4) is 5.75 Å². The summed E-state index contributed by atoms with van der Waals surface area (Å²) >= 11 is 6.47. The maximum absolute atomic E-state index is 13.0. The van der Waals surface area contributed by atoms with E-state index in [1.54, 1.807) is 38.1 Å². The van der Waals surface area contributed by atoms with Gasteiger partial charge in [0, 0.05) is 18.6 Å². The van der Waals surface area contributed by atoms with Crippen LogP contribution in [0.2, 0.25) is 5.02 Å². The molecule has 1 aliphatic rings. The minimum Gasteiger partial charge on any atom is -0.489 e. The van der Waals surface area contributed by atoms with Gasteiger partial charge in [-0.3, -0.25) is 4.90 Å². The van der Waals surface area contributed by atoms with Crippen molar-refractivity contribution in [1.82, 2.24) is 14.9 Å². The largest absolute Gasteiger partial charge is 0.489 e. The molecular formula is C34H48ClN5O4S. The minimum absolute atomic E-state index is 0.0599. The first-order valence-electron chi connectivity index (χ1n) is 15.6. The molecule has 0 unspecified atom stereocenters. The van der Waals surface area contributed by atoms with E-state index in [-0.39, 0.29) is 27.8 Å². The molecule has 0 amide bonds. The molecule has 1 fully saturated rings. The Hall–Kier alpha value is -2.92. The maximum atomic E-state index is 13.0. The summed E-state index contributed by atoms with van der Waals surface area (Å²) in [6, 6.07) is 11.6. The van der Waals surface area contributed by atoms with Gasteiger partial charge in [0.05, 0.1) is 39.4 Å². The van der Waals surface area contributed by atoms with Crippen LogP contribution >= 0.6 is 11.6 Å². The average Bonchev–Trinajstić information content (AvgIpc) is 2.93. The fourth-order valence-corrected chi connectivity index (χ4v) is 7.41. The van der Waals surface area contributed by atoms with Crippen molar-refractivity contribution in [2.75, 3.05) is 17.2 Å². The van der Waals surface area contributed by atoms with Gasteiger partial charge in [-0.25, -0.2) is 13.4 Å². The van der Waals surface area contributed by atoms with Gasteiger partial charge in [0.25, 0.3) is 0 Å². The van der Waals surface area contributed by atoms with Crippen molar-refractivity contribution >= 4 is 44.6 Å². The van der Waals surface area contributed by atoms with E-state index in [0.29, 0.717) is 36.0 Å². The highest BCUT2D eigenvalue weighted by Crippen LogP contribution is 2.41. The number of hydrogen-bond donors (Lipinski definition) is 3. The van der Waals surface area contributed by atoms with E-state index in [0.717, 1.165) is 24.1 Å². The zero-order chi connectivity index (χ0) is 33.3. The summed E-state index contributed by atoms with van der Waals surface area (Å²) in [5.74, 6) is 1.61. The summed E-state index contributed by atoms with van der Waals surface area (Å²) in [7, 11) is -3.55. The summed E-state index contributed by atoms with van der Waals surface area (Å²) in [5, 5.41) is 16.6. The number of likely N-dealkylation sites (tertiary alicyclic amines) is 1. The van der Waals surface area contributed by atoms with Crippen LogP contribution in [0.5, 0.6) is 5.75 Å². The molecule has 3 N–H and O–H groups in total. The number of nitrogens with zero attached hydrogens (tertiary/aromatic N) is 3. The smallest absolute Gasteiger partial charge is 0.229 e. The van der Waals surface area contributed by atoms with Gasteiger partial charge >= 0.3 is 0 Å². The van der Waals surface area contributed by atoms with Crippen LogP contribution in [0.4, 0.5) is 23.1 Å². The van der Waals surface area contributed by atoms with Crippen LogP contribution in [0.1, 0.15) is 85.3 Å². The van der Waals surface area contributed by atoms with Crippen LogP contribution in [0.25, 0.3) is 0 Å². The molecule has 4 rings (SSSR count). The summed E-state index contributed by atoms with van der Waals surface area (Å²) < 4.78 is 32.3. The third kappa shape index (κ3) is 8.47. The van der Waals surface area contributed by atoms with Gasteiger partial charge in [0.2, 0.25) is 5.95 Å². The average molecular weight is 658 g/mol. The van der Waals surface area contributed by atoms with Crippen LogP contribution in [0, 0.1) is 6.92 Å². The number of anilines is 4. The SMILES string of the molecule is Cc1cc(Nc2ncc(Cl)c(Nc3ccccc3S(=O)(=O)C(C)C)n2)c(OC(C)C)cc1C1C[C@@H](C)N(CC(C)(C)O)[C@H](C)C1. The molecule has 0 aliphatic carbocycles. The molecule has 2 heterocycles. The Bertz CT molecular complexity index is 1590. The standard InChI is InChI=1S/C34H48ClN5O4S/c1-20(2)44-30-17-26(25-15-23(6)40(24(7)16-25)19-34(8,9)41)22(5)14-29(30)38-33-36-18-27(35)32(39-33)37-28-12-10-11-13-31(28)45(42,43)21(3)4/h10-14,17-18,20-21,23-25,41H,15-16,19H2,1-9H3,(H2,36,37,38,39)/t23-,24-/m1/s1. The normalized spacial score (nSPS) is 19.6. The lowest BCUT2D eigenvalue weighted by Gasteiger charge is -2.45. The molecule has 45 heavy (non-hydrogen) atoms. The molecule has 1 aliphatic heterocycles. The van der Waals surface area contributed by atoms with E-state index in [4.69, 9.17) is 16.3 Å². The Morgan fingerprint density at radius 1 is 1.07 bits per heavy atom. The number of hydrogen-bond acceptors (Lipinski definition) is 9. The Morgan fingerprint density at radius 3 is 2.31 bits per heavy atom. The highest BCUT2D eigenvalue weighted by atomic mass is 35.5. The zero-order valence-corrected chi connectivity index (χ0v) is 29.4. The third-order valence-corrected chi connectivity index (χ3v) is 10.7. The molecule has 0 saturated carbocycles. The fourth-order valence-electron chi connectivity index (χ4n) is 6.07. The summed E-state index contributed by atoms with van der Waals surface area (Å²) in [6.45, 7) is 18.3. The van der Waals surface area contributed by atoms with Crippen molar-refractivity contribution in [3.05, 3.63) is 58.7 Å². The van der Waals surface area contributed by atoms with E-state index < -0.39 is 20.7 Å². The number of para-hydroxylation sites is 1. The van der Waals surface area contributed by atoms with E-state index in [1.807, 2.05) is 27.7 Å². The van der Waals surface area contributed by atoms with Gasteiger partial charge in [-0.15, -0.1) is 0 Å². The molecular weight excluding hydrogens is 610 g/mol. The Balaban J connectivity index is 1.63. The Morgan fingerprint density at radius 2 is 1.71 bits per heavy atom. The third-order valence-electron chi connectivity index (χ3n) is 8.18. The molecule has 0 radical (unpaired) electrons. The van der Waals surface area contributed by atoms with E-state index in [1.165, 1.54) is 11.8 Å². The summed E-state index contributed by atoms with van der Waals surface area (Å²) in [4.78, 5) is 11.6. The number of piperidine rings is 1. The first-order chi connectivity index (χ1) is 21.0. The maximum Gasteiger partial charge on any atom is 0.229 e. The van der Waals surface area contributed by atoms with Gasteiger partial charge in [-0.1, -0.05) is 23.7 Å². The number of rotatable bonds is 11. The van der Waals surface area contributed by atoms with Crippen LogP contribution in [-0.2, 0) is 9.84 Å². The second kappa shape index (κ2) is 13.8. The predicted octanol–water partition coefficient (Wildman–Crippen LogP) is 7.62. The summed E-state index contributed by atoms with van der Waals surface area (Å²) in [5.41, 5.74) is 2.75. The van der Waals surface area contributed by atoms with Crippen LogP contribution in [0.15, 0.2) is 47.5 Å². The number of ether oxygens (including phenoxy) is 1. The molecule has 0 bridgehead atoms. The first kappa shape index (κ1) is 34.9. The molecule has 0 spiro atoms. The second-order valence-corrected chi connectivity index (χ2v) is 16.3. The zero-order valence-electron chi connectivity index (χ0n) is 27.8. The van der Waals surface area contributed by atoms with Crippen LogP contribution < -0.4 is 15.4 Å². The highest BCUT2D eigenvalue weighted by Gasteiger charge is 2.35. The number of nitrogens with one attached hydrogen (secondary N) is 2. The molecule has 1 aromatic heterocycles. The van der Waals surface area contributed by atoms with Crippen molar-refractivity contribution in [1.29, 1.82) is 0 Å². The van der Waals surface area contributed by atoms with Gasteiger partial charge in [0.1, 0.15) is 10.8 Å². The van der Waals surface area contributed by atoms with Gasteiger partial charge in [-0.05, 0) is 116 Å². The van der Waals surface area contributed by atoms with E-state index in [2.05, 4.69) is 58.4 Å². The number of aliphatic hydroxyl groups is 1. The lowest BCUT2D eigenvalue weighted by molar-refractivity contribution is -0.0109. The van der Waals surface area contributed by atoms with Crippen molar-refractivity contribution in [2.24, 2.45) is 0 Å². The minimum atomic E-state index is -3.55. The number of sulfone groups is 1. The summed E-state index contributed by atoms with van der Waals surface area (Å²) in [6.07, 6.45) is 3.39. The molecule has 9 nitrogen and oxygen atoms in total. The van der Waals surface area contributed by atoms with Gasteiger partial charge in [-0.2, -0.15) is 4.98 Å². The van der Waals surface area contributed by atoms with Crippen LogP contribution in [0.3, 0.4) is 0 Å². The predicted molar refractivity (Wildman–Crippen MR) is 183 cm³/mol. The number of halogens is 1. The Kier molecular flexibility index (Phi) is 10.7. The number of benzene rings is 2. The van der Waals surface area contributed by atoms with Crippen molar-refractivity contribution in [2.45, 2.75) is 115 Å². The van der Waals surface area contributed by atoms with Crippen LogP contribution in [-0.4, -0.2) is 64.0 Å². The Labute approximate surface area is 273 Å². The second-order valence-electron chi connectivity index (χ2n) is 13.5. The molecule has 1 saturated heterocycles.